The van der Waals surface area contributed by atoms with E-state index in [1.54, 1.807) is 18.2 Å². The number of benzene rings is 2. The van der Waals surface area contributed by atoms with Gasteiger partial charge in [0.15, 0.2) is 0 Å². The molecule has 22 heavy (non-hydrogen) atoms. The summed E-state index contributed by atoms with van der Waals surface area (Å²) < 4.78 is 1.03. The van der Waals surface area contributed by atoms with Crippen molar-refractivity contribution < 1.29 is 4.79 Å². The summed E-state index contributed by atoms with van der Waals surface area (Å²) >= 11 is 15.3. The number of nitrogens with one attached hydrogen (secondary N) is 1. The van der Waals surface area contributed by atoms with Gasteiger partial charge in [0.25, 0.3) is 0 Å². The minimum absolute atomic E-state index is 0.135. The van der Waals surface area contributed by atoms with Crippen LogP contribution in [0.4, 0.5) is 5.69 Å². The Morgan fingerprint density at radius 3 is 2.55 bits per heavy atom. The van der Waals surface area contributed by atoms with Gasteiger partial charge in [-0.25, -0.2) is 0 Å². The van der Waals surface area contributed by atoms with Crippen LogP contribution in [0.25, 0.3) is 0 Å². The summed E-state index contributed by atoms with van der Waals surface area (Å²) in [5, 5.41) is 3.77. The van der Waals surface area contributed by atoms with Crippen molar-refractivity contribution in [2.45, 2.75) is 6.54 Å². The number of rotatable bonds is 5. The molecule has 0 aliphatic carbocycles. The van der Waals surface area contributed by atoms with Crippen molar-refractivity contribution in [2.24, 2.45) is 0 Å². The van der Waals surface area contributed by atoms with Gasteiger partial charge in [-0.2, -0.15) is 0 Å². The SMILES string of the molecule is CN(CC(=O)Nc1cc(Cl)ccc1Cl)Cc1ccc(Br)cc1. The van der Waals surface area contributed by atoms with Crippen molar-refractivity contribution in [3.8, 4) is 0 Å². The van der Waals surface area contributed by atoms with E-state index >= 15 is 0 Å². The predicted molar refractivity (Wildman–Crippen MR) is 95.6 cm³/mol. The van der Waals surface area contributed by atoms with E-state index in [2.05, 4.69) is 21.2 Å². The molecular weight excluding hydrogens is 387 g/mol. The zero-order valence-electron chi connectivity index (χ0n) is 11.9. The number of halogens is 3. The number of likely N-dealkylation sites (N-methyl/N-ethyl adjacent to an activating group) is 1. The van der Waals surface area contributed by atoms with E-state index in [0.717, 1.165) is 10.0 Å². The van der Waals surface area contributed by atoms with Crippen molar-refractivity contribution in [3.63, 3.8) is 0 Å². The summed E-state index contributed by atoms with van der Waals surface area (Å²) in [4.78, 5) is 14.0. The molecule has 2 aromatic carbocycles. The van der Waals surface area contributed by atoms with E-state index in [-0.39, 0.29) is 12.5 Å². The molecule has 0 saturated carbocycles. The Morgan fingerprint density at radius 1 is 1.18 bits per heavy atom. The highest BCUT2D eigenvalue weighted by atomic mass is 79.9. The molecule has 6 heteroatoms. The van der Waals surface area contributed by atoms with E-state index in [0.29, 0.717) is 22.3 Å². The van der Waals surface area contributed by atoms with Crippen molar-refractivity contribution in [1.82, 2.24) is 4.90 Å². The first kappa shape index (κ1) is 17.3. The van der Waals surface area contributed by atoms with E-state index in [1.165, 1.54) is 0 Å². The lowest BCUT2D eigenvalue weighted by Crippen LogP contribution is -2.29. The van der Waals surface area contributed by atoms with E-state index < -0.39 is 0 Å². The number of amides is 1. The van der Waals surface area contributed by atoms with Crippen molar-refractivity contribution in [1.29, 1.82) is 0 Å². The molecular formula is C16H15BrCl2N2O. The van der Waals surface area contributed by atoms with Crippen LogP contribution >= 0.6 is 39.1 Å². The molecule has 0 heterocycles. The lowest BCUT2D eigenvalue weighted by Gasteiger charge is -2.17. The molecule has 0 radical (unpaired) electrons. The first-order valence-corrected chi connectivity index (χ1v) is 8.17. The third kappa shape index (κ3) is 5.29. The van der Waals surface area contributed by atoms with Crippen molar-refractivity contribution in [3.05, 3.63) is 62.5 Å². The number of carbonyl (C=O) groups excluding carboxylic acids is 1. The summed E-state index contributed by atoms with van der Waals surface area (Å²) in [5.41, 5.74) is 1.66. The third-order valence-corrected chi connectivity index (χ3v) is 4.08. The largest absolute Gasteiger partial charge is 0.324 e. The Hall–Kier alpha value is -1.07. The average molecular weight is 402 g/mol. The van der Waals surface area contributed by atoms with E-state index in [1.807, 2.05) is 36.2 Å². The first-order valence-electron chi connectivity index (χ1n) is 6.62. The Balaban J connectivity index is 1.91. The fourth-order valence-corrected chi connectivity index (χ4v) is 2.59. The third-order valence-electron chi connectivity index (χ3n) is 2.98. The van der Waals surface area contributed by atoms with Crippen LogP contribution < -0.4 is 5.32 Å². The van der Waals surface area contributed by atoms with Gasteiger partial charge in [0.2, 0.25) is 5.91 Å². The Labute approximate surface area is 148 Å². The van der Waals surface area contributed by atoms with E-state index in [4.69, 9.17) is 23.2 Å². The molecule has 2 aromatic rings. The fourth-order valence-electron chi connectivity index (χ4n) is 1.99. The van der Waals surface area contributed by atoms with Crippen LogP contribution in [0.15, 0.2) is 46.9 Å². The molecule has 3 nitrogen and oxygen atoms in total. The minimum atomic E-state index is -0.135. The normalized spacial score (nSPS) is 10.8. The molecule has 0 atom stereocenters. The highest BCUT2D eigenvalue weighted by Gasteiger charge is 2.10. The number of carbonyl (C=O) groups is 1. The molecule has 0 aromatic heterocycles. The molecule has 0 saturated heterocycles. The first-order chi connectivity index (χ1) is 10.4. The molecule has 0 spiro atoms. The quantitative estimate of drug-likeness (QED) is 0.778. The van der Waals surface area contributed by atoms with Crippen LogP contribution in [0.5, 0.6) is 0 Å². The highest BCUT2D eigenvalue weighted by molar-refractivity contribution is 9.10. The van der Waals surface area contributed by atoms with E-state index in [9.17, 15) is 4.79 Å². The van der Waals surface area contributed by atoms with Crippen LogP contribution in [0.2, 0.25) is 10.0 Å². The molecule has 0 unspecified atom stereocenters. The summed E-state index contributed by atoms with van der Waals surface area (Å²) in [5.74, 6) is -0.135. The maximum Gasteiger partial charge on any atom is 0.238 e. The standard InChI is InChI=1S/C16H15BrCl2N2O/c1-21(9-11-2-4-12(17)5-3-11)10-16(22)20-15-8-13(18)6-7-14(15)19/h2-8H,9-10H2,1H3,(H,20,22). The molecule has 2 rings (SSSR count). The topological polar surface area (TPSA) is 32.3 Å². The molecule has 1 amide bonds. The molecule has 0 fully saturated rings. The van der Waals surface area contributed by atoms with Crippen LogP contribution in [-0.2, 0) is 11.3 Å². The number of hydrogen-bond donors (Lipinski definition) is 1. The monoisotopic (exact) mass is 400 g/mol. The smallest absolute Gasteiger partial charge is 0.238 e. The van der Waals surface area contributed by atoms with Gasteiger partial charge in [-0.1, -0.05) is 51.3 Å². The Morgan fingerprint density at radius 2 is 1.86 bits per heavy atom. The van der Waals surface area contributed by atoms with Crippen LogP contribution in [0.1, 0.15) is 5.56 Å². The van der Waals surface area contributed by atoms with Gasteiger partial charge < -0.3 is 5.32 Å². The van der Waals surface area contributed by atoms with Crippen molar-refractivity contribution >= 4 is 50.7 Å². The van der Waals surface area contributed by atoms with Gasteiger partial charge in [0.05, 0.1) is 17.3 Å². The lowest BCUT2D eigenvalue weighted by atomic mass is 10.2. The second-order valence-electron chi connectivity index (χ2n) is 4.97. The molecule has 0 aliphatic rings. The van der Waals surface area contributed by atoms with Crippen LogP contribution in [0, 0.1) is 0 Å². The fraction of sp³-hybridized carbons (Fsp3) is 0.188. The number of hydrogen-bond acceptors (Lipinski definition) is 2. The molecule has 0 bridgehead atoms. The summed E-state index contributed by atoms with van der Waals surface area (Å²) in [6.45, 7) is 0.947. The zero-order valence-corrected chi connectivity index (χ0v) is 15.0. The van der Waals surface area contributed by atoms with Gasteiger partial charge in [-0.3, -0.25) is 9.69 Å². The summed E-state index contributed by atoms with van der Waals surface area (Å²) in [7, 11) is 1.89. The molecule has 0 aliphatic heterocycles. The lowest BCUT2D eigenvalue weighted by molar-refractivity contribution is -0.117. The second-order valence-corrected chi connectivity index (χ2v) is 6.73. The van der Waals surface area contributed by atoms with Crippen LogP contribution in [0.3, 0.4) is 0 Å². The summed E-state index contributed by atoms with van der Waals surface area (Å²) in [6, 6.07) is 13.0. The number of nitrogens with zero attached hydrogens (tertiary/aromatic N) is 1. The number of anilines is 1. The van der Waals surface area contributed by atoms with Gasteiger partial charge in [0, 0.05) is 16.0 Å². The molecule has 116 valence electrons. The zero-order chi connectivity index (χ0) is 16.1. The minimum Gasteiger partial charge on any atom is -0.324 e. The maximum atomic E-state index is 12.1. The van der Waals surface area contributed by atoms with Crippen LogP contribution in [-0.4, -0.2) is 24.4 Å². The Kier molecular flexibility index (Phi) is 6.26. The highest BCUT2D eigenvalue weighted by Crippen LogP contribution is 2.25. The van der Waals surface area contributed by atoms with Crippen molar-refractivity contribution in [2.75, 3.05) is 18.9 Å². The summed E-state index contributed by atoms with van der Waals surface area (Å²) in [6.07, 6.45) is 0. The molecule has 1 N–H and O–H groups in total. The average Bonchev–Trinajstić information content (AvgIpc) is 2.45. The maximum absolute atomic E-state index is 12.1. The van der Waals surface area contributed by atoms with Gasteiger partial charge in [-0.05, 0) is 42.9 Å². The van der Waals surface area contributed by atoms with Gasteiger partial charge in [-0.15, -0.1) is 0 Å². The van der Waals surface area contributed by atoms with Gasteiger partial charge in [0.1, 0.15) is 0 Å². The van der Waals surface area contributed by atoms with Gasteiger partial charge >= 0.3 is 0 Å². The second kappa shape index (κ2) is 7.97. The predicted octanol–water partition coefficient (Wildman–Crippen LogP) is 4.83. The Bertz CT molecular complexity index is 662.